The zero-order valence-electron chi connectivity index (χ0n) is 11.7. The molecule has 0 aliphatic carbocycles. The molecule has 1 amide bonds. The van der Waals surface area contributed by atoms with Crippen molar-refractivity contribution in [3.63, 3.8) is 0 Å². The lowest BCUT2D eigenvalue weighted by Gasteiger charge is -2.05. The zero-order valence-corrected chi connectivity index (χ0v) is 12.5. The lowest BCUT2D eigenvalue weighted by molar-refractivity contribution is 0.0947. The fourth-order valence-corrected chi connectivity index (χ4v) is 2.80. The summed E-state index contributed by atoms with van der Waals surface area (Å²) in [5, 5.41) is 3.77. The highest BCUT2D eigenvalue weighted by Crippen LogP contribution is 2.28. The fraction of sp³-hybridized carbons (Fsp3) is 0.333. The van der Waals surface area contributed by atoms with Crippen LogP contribution in [0.4, 0.5) is 0 Å². The molecule has 0 aliphatic rings. The van der Waals surface area contributed by atoms with Crippen molar-refractivity contribution in [2.45, 2.75) is 33.7 Å². The molecule has 1 heterocycles. The molecule has 2 aromatic rings. The van der Waals surface area contributed by atoms with Crippen molar-refractivity contribution in [2.24, 2.45) is 0 Å². The Balaban J connectivity index is 2.28. The number of aromatic nitrogens is 1. The summed E-state index contributed by atoms with van der Waals surface area (Å²) in [5.74, 6) is -0.0523. The Labute approximate surface area is 117 Å². The van der Waals surface area contributed by atoms with Gasteiger partial charge >= 0.3 is 0 Å². The van der Waals surface area contributed by atoms with E-state index in [2.05, 4.69) is 42.3 Å². The molecular formula is C15H18N2OS. The van der Waals surface area contributed by atoms with Gasteiger partial charge in [-0.2, -0.15) is 0 Å². The Morgan fingerprint density at radius 1 is 1.32 bits per heavy atom. The van der Waals surface area contributed by atoms with Crippen molar-refractivity contribution in [1.82, 2.24) is 10.3 Å². The molecule has 0 aliphatic heterocycles. The second kappa shape index (κ2) is 5.53. The third-order valence-electron chi connectivity index (χ3n) is 2.76. The highest BCUT2D eigenvalue weighted by atomic mass is 32.1. The Kier molecular flexibility index (Phi) is 4.00. The molecule has 0 radical (unpaired) electrons. The molecule has 19 heavy (non-hydrogen) atoms. The number of aryl methyl sites for hydroxylation is 2. The molecule has 0 atom stereocenters. The second-order valence-corrected chi connectivity index (χ2v) is 6.01. The predicted octanol–water partition coefficient (Wildman–Crippen LogP) is 3.57. The smallest absolute Gasteiger partial charge is 0.263 e. The van der Waals surface area contributed by atoms with E-state index in [4.69, 9.17) is 0 Å². The van der Waals surface area contributed by atoms with E-state index >= 15 is 0 Å². The molecule has 1 N–H and O–H groups in total. The van der Waals surface area contributed by atoms with Gasteiger partial charge in [0.2, 0.25) is 0 Å². The molecule has 3 nitrogen and oxygen atoms in total. The average Bonchev–Trinajstić information content (AvgIpc) is 2.77. The van der Waals surface area contributed by atoms with E-state index in [-0.39, 0.29) is 11.9 Å². The van der Waals surface area contributed by atoms with Gasteiger partial charge in [0.15, 0.2) is 0 Å². The molecule has 1 aromatic carbocycles. The molecule has 4 heteroatoms. The fourth-order valence-electron chi connectivity index (χ4n) is 1.89. The first-order valence-corrected chi connectivity index (χ1v) is 7.13. The molecule has 1 aromatic heterocycles. The van der Waals surface area contributed by atoms with Crippen LogP contribution in [-0.4, -0.2) is 16.9 Å². The number of carbonyl (C=O) groups excluding carboxylic acids is 1. The van der Waals surface area contributed by atoms with Crippen LogP contribution < -0.4 is 5.32 Å². The third kappa shape index (κ3) is 3.20. The SMILES string of the molecule is Cc1ccc(-c2ncc(C(=O)NC(C)C)s2)c(C)c1. The third-order valence-corrected chi connectivity index (χ3v) is 3.79. The molecule has 0 bridgehead atoms. The van der Waals surface area contributed by atoms with Gasteiger partial charge in [-0.15, -0.1) is 11.3 Å². The minimum Gasteiger partial charge on any atom is -0.349 e. The summed E-state index contributed by atoms with van der Waals surface area (Å²) in [4.78, 5) is 16.9. The van der Waals surface area contributed by atoms with Crippen LogP contribution in [0.3, 0.4) is 0 Å². The summed E-state index contributed by atoms with van der Waals surface area (Å²) in [6, 6.07) is 6.40. The van der Waals surface area contributed by atoms with Crippen LogP contribution in [0, 0.1) is 13.8 Å². The van der Waals surface area contributed by atoms with Gasteiger partial charge in [0.05, 0.1) is 6.20 Å². The molecule has 0 saturated heterocycles. The van der Waals surface area contributed by atoms with Gasteiger partial charge in [0, 0.05) is 11.6 Å². The zero-order chi connectivity index (χ0) is 14.0. The molecule has 100 valence electrons. The van der Waals surface area contributed by atoms with Gasteiger partial charge in [0.25, 0.3) is 5.91 Å². The van der Waals surface area contributed by atoms with Crippen LogP contribution >= 0.6 is 11.3 Å². The number of nitrogens with zero attached hydrogens (tertiary/aromatic N) is 1. The van der Waals surface area contributed by atoms with Crippen LogP contribution in [0.5, 0.6) is 0 Å². The van der Waals surface area contributed by atoms with E-state index in [1.165, 1.54) is 22.5 Å². The van der Waals surface area contributed by atoms with Crippen molar-refractivity contribution in [3.8, 4) is 10.6 Å². The van der Waals surface area contributed by atoms with Crippen molar-refractivity contribution in [1.29, 1.82) is 0 Å². The Morgan fingerprint density at radius 3 is 2.68 bits per heavy atom. The summed E-state index contributed by atoms with van der Waals surface area (Å²) < 4.78 is 0. The van der Waals surface area contributed by atoms with Crippen LogP contribution in [0.2, 0.25) is 0 Å². The first-order valence-electron chi connectivity index (χ1n) is 6.31. The maximum Gasteiger partial charge on any atom is 0.263 e. The summed E-state index contributed by atoms with van der Waals surface area (Å²) in [6.45, 7) is 8.03. The van der Waals surface area contributed by atoms with Crippen LogP contribution in [0.1, 0.15) is 34.6 Å². The summed E-state index contributed by atoms with van der Waals surface area (Å²) in [6.07, 6.45) is 1.65. The normalized spacial score (nSPS) is 10.8. The number of carbonyl (C=O) groups is 1. The maximum atomic E-state index is 11.9. The van der Waals surface area contributed by atoms with Crippen LogP contribution in [0.15, 0.2) is 24.4 Å². The Hall–Kier alpha value is -1.68. The van der Waals surface area contributed by atoms with E-state index in [0.717, 1.165) is 10.6 Å². The first kappa shape index (κ1) is 13.7. The topological polar surface area (TPSA) is 42.0 Å². The number of hydrogen-bond donors (Lipinski definition) is 1. The van der Waals surface area contributed by atoms with E-state index in [0.29, 0.717) is 4.88 Å². The Morgan fingerprint density at radius 2 is 2.05 bits per heavy atom. The number of amides is 1. The molecule has 0 spiro atoms. The molecule has 0 fully saturated rings. The Bertz CT molecular complexity index is 602. The summed E-state index contributed by atoms with van der Waals surface area (Å²) >= 11 is 1.43. The summed E-state index contributed by atoms with van der Waals surface area (Å²) in [5.41, 5.74) is 3.51. The van der Waals surface area contributed by atoms with Crippen molar-refractivity contribution in [2.75, 3.05) is 0 Å². The largest absolute Gasteiger partial charge is 0.349 e. The number of rotatable bonds is 3. The van der Waals surface area contributed by atoms with Crippen molar-refractivity contribution in [3.05, 3.63) is 40.4 Å². The van der Waals surface area contributed by atoms with Gasteiger partial charge in [-0.05, 0) is 33.3 Å². The van der Waals surface area contributed by atoms with Gasteiger partial charge in [-0.3, -0.25) is 4.79 Å². The van der Waals surface area contributed by atoms with Gasteiger partial charge in [0.1, 0.15) is 9.88 Å². The maximum absolute atomic E-state index is 11.9. The first-order chi connectivity index (χ1) is 8.97. The summed E-state index contributed by atoms with van der Waals surface area (Å²) in [7, 11) is 0. The van der Waals surface area contributed by atoms with E-state index < -0.39 is 0 Å². The van der Waals surface area contributed by atoms with Crippen molar-refractivity contribution < 1.29 is 4.79 Å². The van der Waals surface area contributed by atoms with E-state index in [9.17, 15) is 4.79 Å². The minimum absolute atomic E-state index is 0.0523. The molecule has 0 saturated carbocycles. The van der Waals surface area contributed by atoms with Gasteiger partial charge < -0.3 is 5.32 Å². The standard InChI is InChI=1S/C15H18N2OS/c1-9(2)17-14(18)13-8-16-15(19-13)12-6-5-10(3)7-11(12)4/h5-9H,1-4H3,(H,17,18). The lowest BCUT2D eigenvalue weighted by Crippen LogP contribution is -2.29. The second-order valence-electron chi connectivity index (χ2n) is 4.98. The number of thiazole rings is 1. The number of hydrogen-bond acceptors (Lipinski definition) is 3. The molecule has 0 unspecified atom stereocenters. The quantitative estimate of drug-likeness (QED) is 0.929. The average molecular weight is 274 g/mol. The monoisotopic (exact) mass is 274 g/mol. The number of nitrogens with one attached hydrogen (secondary N) is 1. The highest BCUT2D eigenvalue weighted by molar-refractivity contribution is 7.16. The lowest BCUT2D eigenvalue weighted by atomic mass is 10.1. The van der Waals surface area contributed by atoms with Gasteiger partial charge in [-0.25, -0.2) is 4.98 Å². The van der Waals surface area contributed by atoms with Crippen molar-refractivity contribution >= 4 is 17.2 Å². The number of benzene rings is 1. The van der Waals surface area contributed by atoms with Gasteiger partial charge in [-0.1, -0.05) is 23.8 Å². The minimum atomic E-state index is -0.0523. The van der Waals surface area contributed by atoms with Crippen LogP contribution in [-0.2, 0) is 0 Å². The van der Waals surface area contributed by atoms with E-state index in [1.807, 2.05) is 13.8 Å². The molecule has 2 rings (SSSR count). The van der Waals surface area contributed by atoms with E-state index in [1.54, 1.807) is 6.20 Å². The predicted molar refractivity (Wildman–Crippen MR) is 79.6 cm³/mol. The molecular weight excluding hydrogens is 256 g/mol. The highest BCUT2D eigenvalue weighted by Gasteiger charge is 2.13. The van der Waals surface area contributed by atoms with Crippen LogP contribution in [0.25, 0.3) is 10.6 Å².